The monoisotopic (exact) mass is 432 g/mol. The summed E-state index contributed by atoms with van der Waals surface area (Å²) >= 11 is 0. The summed E-state index contributed by atoms with van der Waals surface area (Å²) < 4.78 is 59.3. The molecule has 1 atom stereocenters. The highest BCUT2D eigenvalue weighted by Crippen LogP contribution is 2.41. The number of H-pyrrole nitrogens is 1. The number of alkyl halides is 3. The quantitative estimate of drug-likeness (QED) is 0.590. The molecule has 31 heavy (non-hydrogen) atoms. The fourth-order valence-electron chi connectivity index (χ4n) is 3.64. The predicted octanol–water partition coefficient (Wildman–Crippen LogP) is 4.70. The molecule has 0 saturated heterocycles. The van der Waals surface area contributed by atoms with Gasteiger partial charge in [0.15, 0.2) is 0 Å². The second-order valence-corrected chi connectivity index (χ2v) is 7.07. The molecule has 9 heteroatoms. The van der Waals surface area contributed by atoms with Crippen LogP contribution >= 0.6 is 0 Å². The van der Waals surface area contributed by atoms with Crippen molar-refractivity contribution < 1.29 is 27.1 Å². The second-order valence-electron chi connectivity index (χ2n) is 7.07. The van der Waals surface area contributed by atoms with Crippen molar-refractivity contribution in [3.8, 4) is 5.75 Å². The SMILES string of the molecule is O=C(Nc1cc[nH]c(=O)c1)c1ccc(C(F)(F)F)cc1C1CCOc2cc(F)ccc21. The van der Waals surface area contributed by atoms with Gasteiger partial charge in [-0.3, -0.25) is 9.59 Å². The van der Waals surface area contributed by atoms with Gasteiger partial charge in [-0.2, -0.15) is 13.2 Å². The summed E-state index contributed by atoms with van der Waals surface area (Å²) in [7, 11) is 0. The zero-order valence-electron chi connectivity index (χ0n) is 15.9. The summed E-state index contributed by atoms with van der Waals surface area (Å²) in [4.78, 5) is 26.8. The number of anilines is 1. The minimum absolute atomic E-state index is 0.0236. The number of halogens is 4. The van der Waals surface area contributed by atoms with E-state index in [1.54, 1.807) is 0 Å². The molecule has 160 valence electrons. The normalized spacial score (nSPS) is 15.7. The first kappa shape index (κ1) is 20.6. The zero-order valence-corrected chi connectivity index (χ0v) is 15.9. The number of hydrogen-bond acceptors (Lipinski definition) is 3. The molecule has 2 heterocycles. The average Bonchev–Trinajstić information content (AvgIpc) is 2.72. The number of hydrogen-bond donors (Lipinski definition) is 2. The van der Waals surface area contributed by atoms with E-state index in [4.69, 9.17) is 4.74 Å². The molecule has 0 radical (unpaired) electrons. The minimum Gasteiger partial charge on any atom is -0.493 e. The van der Waals surface area contributed by atoms with Crippen LogP contribution in [0.15, 0.2) is 59.5 Å². The molecule has 1 unspecified atom stereocenters. The van der Waals surface area contributed by atoms with Gasteiger partial charge in [-0.1, -0.05) is 6.07 Å². The van der Waals surface area contributed by atoms with Crippen LogP contribution in [0.2, 0.25) is 0 Å². The van der Waals surface area contributed by atoms with Gasteiger partial charge in [-0.25, -0.2) is 4.39 Å². The molecule has 3 aromatic rings. The summed E-state index contributed by atoms with van der Waals surface area (Å²) in [5.74, 6) is -1.57. The van der Waals surface area contributed by atoms with Crippen LogP contribution in [0.1, 0.15) is 39.4 Å². The fraction of sp³-hybridized carbons (Fsp3) is 0.182. The predicted molar refractivity (Wildman–Crippen MR) is 105 cm³/mol. The molecule has 1 amide bonds. The maximum absolute atomic E-state index is 13.6. The maximum atomic E-state index is 13.6. The van der Waals surface area contributed by atoms with E-state index in [9.17, 15) is 27.2 Å². The Balaban J connectivity index is 1.80. The highest BCUT2D eigenvalue weighted by molar-refractivity contribution is 6.05. The van der Waals surface area contributed by atoms with Gasteiger partial charge in [0.2, 0.25) is 5.56 Å². The fourth-order valence-corrected chi connectivity index (χ4v) is 3.64. The molecule has 2 aromatic carbocycles. The van der Waals surface area contributed by atoms with Crippen molar-refractivity contribution >= 4 is 11.6 Å². The van der Waals surface area contributed by atoms with Crippen LogP contribution in [-0.2, 0) is 6.18 Å². The number of aromatic nitrogens is 1. The Labute approximate surface area is 173 Å². The van der Waals surface area contributed by atoms with Crippen molar-refractivity contribution in [3.05, 3.63) is 93.2 Å². The van der Waals surface area contributed by atoms with E-state index in [1.807, 2.05) is 0 Å². The topological polar surface area (TPSA) is 71.2 Å². The van der Waals surface area contributed by atoms with Gasteiger partial charge >= 0.3 is 6.18 Å². The van der Waals surface area contributed by atoms with Crippen molar-refractivity contribution in [3.63, 3.8) is 0 Å². The molecule has 0 aliphatic carbocycles. The Kier molecular flexibility index (Phi) is 5.26. The molecule has 0 saturated carbocycles. The molecule has 5 nitrogen and oxygen atoms in total. The van der Waals surface area contributed by atoms with Crippen LogP contribution in [0.3, 0.4) is 0 Å². The van der Waals surface area contributed by atoms with Crippen LogP contribution in [0, 0.1) is 5.82 Å². The smallest absolute Gasteiger partial charge is 0.416 e. The van der Waals surface area contributed by atoms with Crippen molar-refractivity contribution in [2.75, 3.05) is 11.9 Å². The number of fused-ring (bicyclic) bond motifs is 1. The van der Waals surface area contributed by atoms with Crippen LogP contribution in [0.4, 0.5) is 23.2 Å². The third kappa shape index (κ3) is 4.30. The van der Waals surface area contributed by atoms with E-state index in [2.05, 4.69) is 10.3 Å². The summed E-state index contributed by atoms with van der Waals surface area (Å²) in [6.07, 6.45) is -2.95. The van der Waals surface area contributed by atoms with E-state index in [0.717, 1.165) is 24.3 Å². The van der Waals surface area contributed by atoms with E-state index in [0.29, 0.717) is 12.0 Å². The van der Waals surface area contributed by atoms with Gasteiger partial charge < -0.3 is 15.0 Å². The lowest BCUT2D eigenvalue weighted by molar-refractivity contribution is -0.137. The molecule has 0 bridgehead atoms. The zero-order chi connectivity index (χ0) is 22.2. The van der Waals surface area contributed by atoms with Gasteiger partial charge in [-0.05, 0) is 42.3 Å². The highest BCUT2D eigenvalue weighted by atomic mass is 19.4. The number of benzene rings is 2. The number of nitrogens with one attached hydrogen (secondary N) is 2. The van der Waals surface area contributed by atoms with E-state index >= 15 is 0 Å². The third-order valence-corrected chi connectivity index (χ3v) is 5.05. The highest BCUT2D eigenvalue weighted by Gasteiger charge is 2.34. The Hall–Kier alpha value is -3.62. The van der Waals surface area contributed by atoms with E-state index in [1.165, 1.54) is 30.5 Å². The Morgan fingerprint density at radius 3 is 2.61 bits per heavy atom. The molecule has 0 fully saturated rings. The molecular formula is C22H16F4N2O3. The lowest BCUT2D eigenvalue weighted by Crippen LogP contribution is -2.22. The molecule has 0 spiro atoms. The Bertz CT molecular complexity index is 1200. The summed E-state index contributed by atoms with van der Waals surface area (Å²) in [6, 6.07) is 9.32. The minimum atomic E-state index is -4.60. The third-order valence-electron chi connectivity index (χ3n) is 5.05. The van der Waals surface area contributed by atoms with Crippen molar-refractivity contribution in [2.45, 2.75) is 18.5 Å². The van der Waals surface area contributed by atoms with Crippen molar-refractivity contribution in [1.29, 1.82) is 0 Å². The molecule has 4 rings (SSSR count). The first-order valence-corrected chi connectivity index (χ1v) is 9.36. The largest absolute Gasteiger partial charge is 0.493 e. The van der Waals surface area contributed by atoms with Crippen LogP contribution < -0.4 is 15.6 Å². The molecule has 1 aromatic heterocycles. The number of ether oxygens (including phenoxy) is 1. The lowest BCUT2D eigenvalue weighted by atomic mass is 9.83. The van der Waals surface area contributed by atoms with Gasteiger partial charge in [0.05, 0.1) is 12.2 Å². The van der Waals surface area contributed by atoms with Gasteiger partial charge in [-0.15, -0.1) is 0 Å². The van der Waals surface area contributed by atoms with Gasteiger partial charge in [0.25, 0.3) is 5.91 Å². The first-order chi connectivity index (χ1) is 14.7. The number of rotatable bonds is 3. The standard InChI is InChI=1S/C22H16F4N2O3/c23-13-2-4-16-15(6-8-31-19(16)10-13)18-9-12(22(24,25)26)1-3-17(18)21(30)28-14-5-7-27-20(29)11-14/h1-5,7,9-11,15H,6,8H2,(H2,27,28,29,30). The first-order valence-electron chi connectivity index (χ1n) is 9.36. The van der Waals surface area contributed by atoms with E-state index < -0.39 is 34.9 Å². The Morgan fingerprint density at radius 1 is 1.06 bits per heavy atom. The van der Waals surface area contributed by atoms with Crippen LogP contribution in [0.5, 0.6) is 5.75 Å². The molecule has 1 aliphatic heterocycles. The molecule has 1 aliphatic rings. The van der Waals surface area contributed by atoms with Gasteiger partial charge in [0.1, 0.15) is 11.6 Å². The van der Waals surface area contributed by atoms with Crippen molar-refractivity contribution in [1.82, 2.24) is 4.98 Å². The number of pyridine rings is 1. The van der Waals surface area contributed by atoms with Crippen molar-refractivity contribution in [2.24, 2.45) is 0 Å². The number of amides is 1. The van der Waals surface area contributed by atoms with Crippen LogP contribution in [-0.4, -0.2) is 17.5 Å². The summed E-state index contributed by atoms with van der Waals surface area (Å²) in [6.45, 7) is 0.159. The van der Waals surface area contributed by atoms with E-state index in [-0.39, 0.29) is 29.2 Å². The number of carbonyl (C=O) groups excluding carboxylic acids is 1. The average molecular weight is 432 g/mol. The van der Waals surface area contributed by atoms with Crippen LogP contribution in [0.25, 0.3) is 0 Å². The summed E-state index contributed by atoms with van der Waals surface area (Å²) in [5.41, 5.74) is -0.466. The summed E-state index contributed by atoms with van der Waals surface area (Å²) in [5, 5.41) is 2.54. The lowest BCUT2D eigenvalue weighted by Gasteiger charge is -2.28. The second kappa shape index (κ2) is 7.90. The van der Waals surface area contributed by atoms with Gasteiger partial charge in [0, 0.05) is 41.1 Å². The Morgan fingerprint density at radius 2 is 1.87 bits per heavy atom. The number of carbonyl (C=O) groups is 1. The maximum Gasteiger partial charge on any atom is 0.416 e. The molecule has 2 N–H and O–H groups in total. The number of aromatic amines is 1. The molecular weight excluding hydrogens is 416 g/mol.